The van der Waals surface area contributed by atoms with Gasteiger partial charge in [0, 0.05) is 13.0 Å². The molecule has 0 aromatic heterocycles. The van der Waals surface area contributed by atoms with Crippen LogP contribution >= 0.6 is 0 Å². The van der Waals surface area contributed by atoms with Gasteiger partial charge in [0.15, 0.2) is 0 Å². The Labute approximate surface area is 57.9 Å². The zero-order valence-corrected chi connectivity index (χ0v) is 5.39. The van der Waals surface area contributed by atoms with Gasteiger partial charge >= 0.3 is 6.03 Å². The standard InChI is InChI=1S/C4H10N4O2/c5-4(10)7-2-1-3(9)8-6/h1-2,6H2,(H,8,9)(H3,5,7,10). The van der Waals surface area contributed by atoms with Crippen LogP contribution in [0.1, 0.15) is 6.42 Å². The molecule has 0 rings (SSSR count). The summed E-state index contributed by atoms with van der Waals surface area (Å²) in [6.07, 6.45) is 0.138. The summed E-state index contributed by atoms with van der Waals surface area (Å²) in [6.45, 7) is 0.207. The van der Waals surface area contributed by atoms with Crippen LogP contribution in [0.2, 0.25) is 0 Å². The van der Waals surface area contributed by atoms with Crippen LogP contribution in [0, 0.1) is 0 Å². The zero-order valence-electron chi connectivity index (χ0n) is 5.39. The van der Waals surface area contributed by atoms with Crippen molar-refractivity contribution in [2.45, 2.75) is 6.42 Å². The average Bonchev–Trinajstić information content (AvgIpc) is 1.87. The SMILES string of the molecule is NNC(=O)CCNC(N)=O. The average molecular weight is 146 g/mol. The summed E-state index contributed by atoms with van der Waals surface area (Å²) in [5.41, 5.74) is 6.61. The Morgan fingerprint density at radius 3 is 2.40 bits per heavy atom. The molecule has 0 saturated carbocycles. The van der Waals surface area contributed by atoms with Gasteiger partial charge < -0.3 is 11.1 Å². The normalized spacial score (nSPS) is 8.50. The molecule has 6 nitrogen and oxygen atoms in total. The number of carbonyl (C=O) groups excluding carboxylic acids is 2. The molecule has 3 amide bonds. The van der Waals surface area contributed by atoms with Gasteiger partial charge in [0.1, 0.15) is 0 Å². The van der Waals surface area contributed by atoms with Crippen LogP contribution in [-0.4, -0.2) is 18.5 Å². The highest BCUT2D eigenvalue weighted by Crippen LogP contribution is 1.72. The molecule has 0 aliphatic heterocycles. The van der Waals surface area contributed by atoms with E-state index in [0.29, 0.717) is 0 Å². The first-order chi connectivity index (χ1) is 4.66. The fourth-order valence-corrected chi connectivity index (χ4v) is 0.371. The predicted octanol–water partition coefficient (Wildman–Crippen LogP) is -1.97. The van der Waals surface area contributed by atoms with Crippen LogP contribution in [0.3, 0.4) is 0 Å². The molecule has 0 heterocycles. The van der Waals surface area contributed by atoms with Crippen LogP contribution in [0.5, 0.6) is 0 Å². The van der Waals surface area contributed by atoms with Crippen LogP contribution in [0.15, 0.2) is 0 Å². The quantitative estimate of drug-likeness (QED) is 0.210. The van der Waals surface area contributed by atoms with E-state index in [-0.39, 0.29) is 18.9 Å². The monoisotopic (exact) mass is 146 g/mol. The number of rotatable bonds is 3. The lowest BCUT2D eigenvalue weighted by molar-refractivity contribution is -0.121. The molecular weight excluding hydrogens is 136 g/mol. The Morgan fingerprint density at radius 2 is 2.00 bits per heavy atom. The first kappa shape index (κ1) is 8.70. The molecule has 0 bridgehead atoms. The maximum absolute atomic E-state index is 10.4. The first-order valence-corrected chi connectivity index (χ1v) is 2.69. The number of nitrogens with one attached hydrogen (secondary N) is 2. The summed E-state index contributed by atoms with van der Waals surface area (Å²) in [5.74, 6) is 4.41. The lowest BCUT2D eigenvalue weighted by atomic mass is 10.4. The molecule has 0 atom stereocenters. The summed E-state index contributed by atoms with van der Waals surface area (Å²) in [4.78, 5) is 20.4. The number of urea groups is 1. The van der Waals surface area contributed by atoms with Crippen molar-refractivity contribution < 1.29 is 9.59 Å². The largest absolute Gasteiger partial charge is 0.352 e. The van der Waals surface area contributed by atoms with Crippen LogP contribution in [-0.2, 0) is 4.79 Å². The van der Waals surface area contributed by atoms with Crippen molar-refractivity contribution in [3.8, 4) is 0 Å². The van der Waals surface area contributed by atoms with E-state index in [1.807, 2.05) is 5.43 Å². The molecular formula is C4H10N4O2. The van der Waals surface area contributed by atoms with Gasteiger partial charge in [0.25, 0.3) is 0 Å². The second kappa shape index (κ2) is 4.57. The van der Waals surface area contributed by atoms with Crippen molar-refractivity contribution in [2.75, 3.05) is 6.54 Å². The molecule has 0 unspecified atom stereocenters. The summed E-state index contributed by atoms with van der Waals surface area (Å²) >= 11 is 0. The second-order valence-electron chi connectivity index (χ2n) is 1.61. The van der Waals surface area contributed by atoms with Crippen molar-refractivity contribution in [3.63, 3.8) is 0 Å². The molecule has 0 aliphatic carbocycles. The summed E-state index contributed by atoms with van der Waals surface area (Å²) in [6, 6.07) is -0.648. The molecule has 0 aliphatic rings. The van der Waals surface area contributed by atoms with E-state index in [9.17, 15) is 9.59 Å². The van der Waals surface area contributed by atoms with Crippen molar-refractivity contribution in [1.29, 1.82) is 0 Å². The summed E-state index contributed by atoms with van der Waals surface area (Å²) in [7, 11) is 0. The fourth-order valence-electron chi connectivity index (χ4n) is 0.371. The van der Waals surface area contributed by atoms with E-state index in [2.05, 4.69) is 5.32 Å². The molecule has 0 saturated heterocycles. The lowest BCUT2D eigenvalue weighted by Gasteiger charge is -1.98. The van der Waals surface area contributed by atoms with E-state index in [0.717, 1.165) is 0 Å². The molecule has 10 heavy (non-hydrogen) atoms. The molecule has 6 heteroatoms. The maximum atomic E-state index is 10.4. The highest BCUT2D eigenvalue weighted by molar-refractivity contribution is 5.76. The third-order valence-corrected chi connectivity index (χ3v) is 0.812. The van der Waals surface area contributed by atoms with Crippen LogP contribution in [0.4, 0.5) is 4.79 Å². The number of nitrogens with two attached hydrogens (primary N) is 2. The minimum Gasteiger partial charge on any atom is -0.352 e. The molecule has 0 radical (unpaired) electrons. The number of amides is 3. The molecule has 6 N–H and O–H groups in total. The van der Waals surface area contributed by atoms with Gasteiger partial charge in [-0.25, -0.2) is 10.6 Å². The van der Waals surface area contributed by atoms with Gasteiger partial charge in [-0.2, -0.15) is 0 Å². The van der Waals surface area contributed by atoms with E-state index < -0.39 is 6.03 Å². The Bertz CT molecular complexity index is 135. The van der Waals surface area contributed by atoms with E-state index in [1.54, 1.807) is 0 Å². The van der Waals surface area contributed by atoms with Crippen molar-refractivity contribution in [2.24, 2.45) is 11.6 Å². The fraction of sp³-hybridized carbons (Fsp3) is 0.500. The zero-order chi connectivity index (χ0) is 7.98. The highest BCUT2D eigenvalue weighted by Gasteiger charge is 1.97. The van der Waals surface area contributed by atoms with Crippen molar-refractivity contribution >= 4 is 11.9 Å². The van der Waals surface area contributed by atoms with Gasteiger partial charge in [-0.3, -0.25) is 10.2 Å². The van der Waals surface area contributed by atoms with Gasteiger partial charge in [0.05, 0.1) is 0 Å². The minimum atomic E-state index is -0.648. The smallest absolute Gasteiger partial charge is 0.312 e. The Kier molecular flexibility index (Phi) is 3.97. The molecule has 0 fully saturated rings. The van der Waals surface area contributed by atoms with Crippen LogP contribution < -0.4 is 22.3 Å². The maximum Gasteiger partial charge on any atom is 0.312 e. The second-order valence-corrected chi connectivity index (χ2v) is 1.61. The number of hydrogen-bond acceptors (Lipinski definition) is 3. The van der Waals surface area contributed by atoms with E-state index >= 15 is 0 Å². The minimum absolute atomic E-state index is 0.138. The predicted molar refractivity (Wildman–Crippen MR) is 34.5 cm³/mol. The van der Waals surface area contributed by atoms with Gasteiger partial charge in [0.2, 0.25) is 5.91 Å². The van der Waals surface area contributed by atoms with E-state index in [1.165, 1.54) is 0 Å². The molecule has 0 spiro atoms. The molecule has 58 valence electrons. The first-order valence-electron chi connectivity index (χ1n) is 2.69. The third-order valence-electron chi connectivity index (χ3n) is 0.812. The third kappa shape index (κ3) is 4.85. The summed E-state index contributed by atoms with van der Waals surface area (Å²) in [5, 5.41) is 2.23. The molecule has 0 aromatic carbocycles. The number of hydrazine groups is 1. The van der Waals surface area contributed by atoms with E-state index in [4.69, 9.17) is 11.6 Å². The van der Waals surface area contributed by atoms with Crippen LogP contribution in [0.25, 0.3) is 0 Å². The van der Waals surface area contributed by atoms with Gasteiger partial charge in [-0.05, 0) is 0 Å². The van der Waals surface area contributed by atoms with Gasteiger partial charge in [-0.1, -0.05) is 0 Å². The lowest BCUT2D eigenvalue weighted by Crippen LogP contribution is -2.36. The number of carbonyl (C=O) groups is 2. The Balaban J connectivity index is 3.20. The summed E-state index contributed by atoms with van der Waals surface area (Å²) < 4.78 is 0. The highest BCUT2D eigenvalue weighted by atomic mass is 16.2. The Morgan fingerprint density at radius 1 is 1.40 bits per heavy atom. The molecule has 0 aromatic rings. The van der Waals surface area contributed by atoms with Gasteiger partial charge in [-0.15, -0.1) is 0 Å². The van der Waals surface area contributed by atoms with Crippen molar-refractivity contribution in [1.82, 2.24) is 10.7 Å². The van der Waals surface area contributed by atoms with Crippen molar-refractivity contribution in [3.05, 3.63) is 0 Å². The Hall–Kier alpha value is -1.30. The number of hydrogen-bond donors (Lipinski definition) is 4. The number of primary amides is 1. The topological polar surface area (TPSA) is 110 Å².